The molecule has 2 aromatic carbocycles. The van der Waals surface area contributed by atoms with Crippen LogP contribution in [-0.4, -0.2) is 32.4 Å². The van der Waals surface area contributed by atoms with Crippen LogP contribution in [0.5, 0.6) is 11.5 Å². The van der Waals surface area contributed by atoms with E-state index in [-0.39, 0.29) is 11.5 Å². The largest absolute Gasteiger partial charge is 0.508 e. The summed E-state index contributed by atoms with van der Waals surface area (Å²) in [7, 11) is 0. The van der Waals surface area contributed by atoms with E-state index in [1.807, 2.05) is 0 Å². The number of aromatic hydroxyl groups is 2. The summed E-state index contributed by atoms with van der Waals surface area (Å²) in [5, 5.41) is 38.5. The van der Waals surface area contributed by atoms with Crippen molar-refractivity contribution < 1.29 is 30.0 Å². The van der Waals surface area contributed by atoms with Crippen molar-refractivity contribution in [2.75, 3.05) is 0 Å². The molecule has 0 radical (unpaired) electrons. The lowest BCUT2D eigenvalue weighted by molar-refractivity contribution is -0.159. The topological polar surface area (TPSA) is 115 Å². The van der Waals surface area contributed by atoms with Crippen LogP contribution in [0.1, 0.15) is 23.0 Å². The second-order valence-corrected chi connectivity index (χ2v) is 5.97. The molecule has 1 aliphatic rings. The van der Waals surface area contributed by atoms with Gasteiger partial charge in [0.25, 0.3) is 0 Å². The SMILES string of the molecule is O=C(O)C1C(c2cccc(O)c2)C(C(=O)O)C1c1cccc(O)c1. The number of carbonyl (C=O) groups is 2. The fraction of sp³-hybridized carbons (Fsp3) is 0.222. The average molecular weight is 328 g/mol. The Hall–Kier alpha value is -3.02. The van der Waals surface area contributed by atoms with Crippen LogP contribution >= 0.6 is 0 Å². The number of rotatable bonds is 4. The van der Waals surface area contributed by atoms with Gasteiger partial charge in [0.05, 0.1) is 11.8 Å². The van der Waals surface area contributed by atoms with Gasteiger partial charge in [-0.1, -0.05) is 24.3 Å². The normalized spacial score (nSPS) is 25.7. The molecule has 0 aromatic heterocycles. The molecule has 1 saturated carbocycles. The van der Waals surface area contributed by atoms with Crippen molar-refractivity contribution >= 4 is 11.9 Å². The summed E-state index contributed by atoms with van der Waals surface area (Å²) in [6.45, 7) is 0. The molecule has 24 heavy (non-hydrogen) atoms. The van der Waals surface area contributed by atoms with E-state index >= 15 is 0 Å². The first-order valence-electron chi connectivity index (χ1n) is 7.43. The third-order valence-electron chi connectivity index (χ3n) is 4.63. The highest BCUT2D eigenvalue weighted by Gasteiger charge is 2.58. The van der Waals surface area contributed by atoms with Crippen LogP contribution in [0.2, 0.25) is 0 Å². The van der Waals surface area contributed by atoms with Crippen molar-refractivity contribution in [3.8, 4) is 11.5 Å². The van der Waals surface area contributed by atoms with Crippen molar-refractivity contribution in [3.05, 3.63) is 59.7 Å². The standard InChI is InChI=1S/C18H16O6/c19-11-5-1-3-9(7-11)13-15(17(21)22)14(16(13)18(23)24)10-4-2-6-12(20)8-10/h1-8,13-16,19-20H,(H,21,22)(H,23,24). The van der Waals surface area contributed by atoms with Crippen molar-refractivity contribution in [2.24, 2.45) is 11.8 Å². The quantitative estimate of drug-likeness (QED) is 0.685. The Morgan fingerprint density at radius 2 is 1.08 bits per heavy atom. The molecule has 0 aliphatic heterocycles. The van der Waals surface area contributed by atoms with Crippen LogP contribution in [0.25, 0.3) is 0 Å². The highest BCUT2D eigenvalue weighted by atomic mass is 16.4. The molecule has 0 spiro atoms. The molecule has 0 unspecified atom stereocenters. The Kier molecular flexibility index (Phi) is 3.89. The first kappa shape index (κ1) is 15.9. The Morgan fingerprint density at radius 1 is 0.708 bits per heavy atom. The number of carboxylic acids is 2. The Morgan fingerprint density at radius 3 is 1.38 bits per heavy atom. The minimum atomic E-state index is -1.10. The molecule has 1 aliphatic carbocycles. The third-order valence-corrected chi connectivity index (χ3v) is 4.63. The van der Waals surface area contributed by atoms with Crippen LogP contribution < -0.4 is 0 Å². The molecule has 0 heterocycles. The van der Waals surface area contributed by atoms with E-state index in [1.165, 1.54) is 24.3 Å². The van der Waals surface area contributed by atoms with E-state index < -0.39 is 35.6 Å². The molecule has 1 fully saturated rings. The van der Waals surface area contributed by atoms with Gasteiger partial charge in [0.2, 0.25) is 0 Å². The molecular weight excluding hydrogens is 312 g/mol. The van der Waals surface area contributed by atoms with Gasteiger partial charge in [-0.05, 0) is 35.4 Å². The highest BCUT2D eigenvalue weighted by Crippen LogP contribution is 2.58. The van der Waals surface area contributed by atoms with Gasteiger partial charge in [-0.2, -0.15) is 0 Å². The zero-order valence-electron chi connectivity index (χ0n) is 12.5. The smallest absolute Gasteiger partial charge is 0.307 e. The molecule has 0 atom stereocenters. The number of phenolic OH excluding ortho intramolecular Hbond substituents is 2. The lowest BCUT2D eigenvalue weighted by Gasteiger charge is -2.48. The van der Waals surface area contributed by atoms with Crippen LogP contribution in [-0.2, 0) is 9.59 Å². The van der Waals surface area contributed by atoms with E-state index in [9.17, 15) is 30.0 Å². The fourth-order valence-corrected chi connectivity index (χ4v) is 3.66. The summed E-state index contributed by atoms with van der Waals surface area (Å²) in [5.41, 5.74) is 0.956. The predicted octanol–water partition coefficient (Wildman–Crippen LogP) is 2.38. The number of hydrogen-bond acceptors (Lipinski definition) is 4. The fourth-order valence-electron chi connectivity index (χ4n) is 3.66. The molecule has 124 valence electrons. The van der Waals surface area contributed by atoms with E-state index in [1.54, 1.807) is 24.3 Å². The van der Waals surface area contributed by atoms with E-state index in [0.29, 0.717) is 11.1 Å². The van der Waals surface area contributed by atoms with Crippen LogP contribution in [0, 0.1) is 11.8 Å². The molecule has 0 saturated heterocycles. The summed E-state index contributed by atoms with van der Waals surface area (Å²) in [6, 6.07) is 12.0. The molecule has 2 aromatic rings. The molecular formula is C18H16O6. The highest BCUT2D eigenvalue weighted by molar-refractivity contribution is 5.83. The number of hydrogen-bond donors (Lipinski definition) is 4. The number of carboxylic acid groups (broad SMARTS) is 2. The molecule has 6 heteroatoms. The van der Waals surface area contributed by atoms with Gasteiger partial charge in [0.15, 0.2) is 0 Å². The number of phenols is 2. The van der Waals surface area contributed by atoms with Gasteiger partial charge in [-0.25, -0.2) is 0 Å². The van der Waals surface area contributed by atoms with Crippen LogP contribution in [0.15, 0.2) is 48.5 Å². The maximum Gasteiger partial charge on any atom is 0.307 e. The van der Waals surface area contributed by atoms with Crippen molar-refractivity contribution in [1.29, 1.82) is 0 Å². The van der Waals surface area contributed by atoms with Gasteiger partial charge in [0.1, 0.15) is 11.5 Å². The van der Waals surface area contributed by atoms with Crippen LogP contribution in [0.4, 0.5) is 0 Å². The molecule has 0 bridgehead atoms. The zero-order valence-corrected chi connectivity index (χ0v) is 12.5. The maximum atomic E-state index is 11.8. The zero-order chi connectivity index (χ0) is 17.4. The van der Waals surface area contributed by atoms with E-state index in [2.05, 4.69) is 0 Å². The van der Waals surface area contributed by atoms with E-state index in [0.717, 1.165) is 0 Å². The van der Waals surface area contributed by atoms with Gasteiger partial charge in [0, 0.05) is 11.8 Å². The van der Waals surface area contributed by atoms with Gasteiger partial charge >= 0.3 is 11.9 Å². The monoisotopic (exact) mass is 328 g/mol. The summed E-state index contributed by atoms with van der Waals surface area (Å²) in [5.74, 6) is -5.69. The molecule has 0 amide bonds. The maximum absolute atomic E-state index is 11.8. The Bertz CT molecular complexity index is 724. The van der Waals surface area contributed by atoms with Crippen molar-refractivity contribution in [3.63, 3.8) is 0 Å². The second kappa shape index (κ2) is 5.88. The van der Waals surface area contributed by atoms with Crippen molar-refractivity contribution in [1.82, 2.24) is 0 Å². The van der Waals surface area contributed by atoms with Crippen molar-refractivity contribution in [2.45, 2.75) is 11.8 Å². The number of aliphatic carboxylic acids is 2. The minimum absolute atomic E-state index is 0.0402. The Labute approximate surface area is 137 Å². The first-order valence-corrected chi connectivity index (χ1v) is 7.43. The lowest BCUT2D eigenvalue weighted by Crippen LogP contribution is -2.50. The average Bonchev–Trinajstić information content (AvgIpc) is 2.45. The minimum Gasteiger partial charge on any atom is -0.508 e. The molecule has 4 N–H and O–H groups in total. The second-order valence-electron chi connectivity index (χ2n) is 5.97. The number of benzene rings is 2. The molecule has 6 nitrogen and oxygen atoms in total. The lowest BCUT2D eigenvalue weighted by atomic mass is 9.52. The van der Waals surface area contributed by atoms with E-state index in [4.69, 9.17) is 0 Å². The third kappa shape index (κ3) is 2.56. The molecule has 3 rings (SSSR count). The van der Waals surface area contributed by atoms with Gasteiger partial charge < -0.3 is 20.4 Å². The predicted molar refractivity (Wildman–Crippen MR) is 83.9 cm³/mol. The summed E-state index contributed by atoms with van der Waals surface area (Å²) in [4.78, 5) is 23.5. The Balaban J connectivity index is 2.07. The first-order chi connectivity index (χ1) is 11.4. The summed E-state index contributed by atoms with van der Waals surface area (Å²) >= 11 is 0. The van der Waals surface area contributed by atoms with Gasteiger partial charge in [-0.3, -0.25) is 9.59 Å². The summed E-state index contributed by atoms with van der Waals surface area (Å²) < 4.78 is 0. The van der Waals surface area contributed by atoms with Gasteiger partial charge in [-0.15, -0.1) is 0 Å². The van der Waals surface area contributed by atoms with Crippen LogP contribution in [0.3, 0.4) is 0 Å². The summed E-state index contributed by atoms with van der Waals surface area (Å²) in [6.07, 6.45) is 0.